The zero-order valence-corrected chi connectivity index (χ0v) is 11.5. The second kappa shape index (κ2) is 3.20. The third-order valence-electron chi connectivity index (χ3n) is 6.36. The summed E-state index contributed by atoms with van der Waals surface area (Å²) < 4.78 is 5.40. The number of aliphatic hydroxyl groups excluding tert-OH is 1. The van der Waals surface area contributed by atoms with Crippen molar-refractivity contribution < 1.29 is 24.5 Å². The first kappa shape index (κ1) is 13.1. The molecule has 5 heteroatoms. The Labute approximate surface area is 111 Å². The molecule has 3 rings (SSSR count). The zero-order chi connectivity index (χ0) is 14.3. The quantitative estimate of drug-likeness (QED) is 0.673. The van der Waals surface area contributed by atoms with E-state index in [1.54, 1.807) is 20.8 Å². The first-order valence-corrected chi connectivity index (χ1v) is 6.78. The van der Waals surface area contributed by atoms with Gasteiger partial charge in [-0.15, -0.1) is 0 Å². The van der Waals surface area contributed by atoms with E-state index in [-0.39, 0.29) is 18.8 Å². The predicted molar refractivity (Wildman–Crippen MR) is 65.1 cm³/mol. The van der Waals surface area contributed by atoms with Crippen molar-refractivity contribution in [2.75, 3.05) is 6.61 Å². The van der Waals surface area contributed by atoms with E-state index in [2.05, 4.69) is 0 Å². The van der Waals surface area contributed by atoms with Gasteiger partial charge in [-0.1, -0.05) is 13.8 Å². The van der Waals surface area contributed by atoms with Gasteiger partial charge in [0.05, 0.1) is 18.6 Å². The molecule has 0 aromatic rings. The highest BCUT2D eigenvalue weighted by Crippen LogP contribution is 2.72. The number of ketones is 1. The molecule has 5 nitrogen and oxygen atoms in total. The van der Waals surface area contributed by atoms with Crippen molar-refractivity contribution in [3.05, 3.63) is 0 Å². The molecule has 106 valence electrons. The maximum atomic E-state index is 12.8. The second-order valence-electron chi connectivity index (χ2n) is 6.81. The lowest BCUT2D eigenvalue weighted by Gasteiger charge is -2.44. The number of rotatable bonds is 1. The number of carbonyl (C=O) groups excluding carboxylic acids is 2. The highest BCUT2D eigenvalue weighted by Gasteiger charge is 2.84. The predicted octanol–water partition coefficient (Wildman–Crippen LogP) is 0.421. The third-order valence-corrected chi connectivity index (χ3v) is 6.36. The lowest BCUT2D eigenvalue weighted by atomic mass is 9.63. The van der Waals surface area contributed by atoms with Gasteiger partial charge in [-0.05, 0) is 19.8 Å². The van der Waals surface area contributed by atoms with E-state index < -0.39 is 33.9 Å². The summed E-state index contributed by atoms with van der Waals surface area (Å²) in [4.78, 5) is 24.6. The number of hydrogen-bond acceptors (Lipinski definition) is 5. The van der Waals surface area contributed by atoms with Gasteiger partial charge in [0.15, 0.2) is 0 Å². The van der Waals surface area contributed by atoms with Crippen LogP contribution in [-0.4, -0.2) is 39.8 Å². The van der Waals surface area contributed by atoms with Crippen molar-refractivity contribution in [2.24, 2.45) is 16.7 Å². The van der Waals surface area contributed by atoms with Crippen LogP contribution in [0, 0.1) is 16.7 Å². The van der Waals surface area contributed by atoms with Gasteiger partial charge in [-0.2, -0.15) is 0 Å². The van der Waals surface area contributed by atoms with Crippen LogP contribution in [0.15, 0.2) is 0 Å². The maximum Gasteiger partial charge on any atom is 0.307 e. The molecule has 5 unspecified atom stereocenters. The van der Waals surface area contributed by atoms with E-state index in [4.69, 9.17) is 4.74 Å². The van der Waals surface area contributed by atoms with Gasteiger partial charge in [0.2, 0.25) is 0 Å². The Hall–Kier alpha value is -0.940. The Morgan fingerprint density at radius 3 is 2.53 bits per heavy atom. The van der Waals surface area contributed by atoms with E-state index in [9.17, 15) is 19.8 Å². The molecule has 0 aromatic carbocycles. The van der Waals surface area contributed by atoms with Gasteiger partial charge < -0.3 is 14.9 Å². The van der Waals surface area contributed by atoms with Crippen LogP contribution in [-0.2, 0) is 14.3 Å². The smallest absolute Gasteiger partial charge is 0.307 e. The minimum Gasteiger partial charge on any atom is -0.458 e. The van der Waals surface area contributed by atoms with E-state index in [1.807, 2.05) is 0 Å². The Morgan fingerprint density at radius 2 is 1.95 bits per heavy atom. The molecular weight excluding hydrogens is 248 g/mol. The van der Waals surface area contributed by atoms with Gasteiger partial charge in [0, 0.05) is 11.3 Å². The van der Waals surface area contributed by atoms with E-state index in [1.165, 1.54) is 0 Å². The summed E-state index contributed by atoms with van der Waals surface area (Å²) in [5.41, 5.74) is -4.41. The van der Waals surface area contributed by atoms with Gasteiger partial charge in [0.25, 0.3) is 0 Å². The van der Waals surface area contributed by atoms with Gasteiger partial charge >= 0.3 is 5.97 Å². The molecule has 1 heterocycles. The highest BCUT2D eigenvalue weighted by molar-refractivity contribution is 5.99. The Balaban J connectivity index is 2.27. The monoisotopic (exact) mass is 268 g/mol. The van der Waals surface area contributed by atoms with Crippen LogP contribution < -0.4 is 0 Å². The van der Waals surface area contributed by atoms with Crippen molar-refractivity contribution >= 4 is 11.8 Å². The Morgan fingerprint density at radius 1 is 1.32 bits per heavy atom. The summed E-state index contributed by atoms with van der Waals surface area (Å²) in [7, 11) is 0. The topological polar surface area (TPSA) is 83.8 Å². The molecule has 19 heavy (non-hydrogen) atoms. The molecular formula is C14H20O5. The minimum absolute atomic E-state index is 0.0707. The van der Waals surface area contributed by atoms with Crippen LogP contribution in [0.2, 0.25) is 0 Å². The SMILES string of the molecule is CC1C(=O)C23CC(=O)OC2(C)CCC3(O)C1(C)CO. The summed E-state index contributed by atoms with van der Waals surface area (Å²) >= 11 is 0. The van der Waals surface area contributed by atoms with Crippen molar-refractivity contribution in [1.82, 2.24) is 0 Å². The molecule has 1 saturated heterocycles. The zero-order valence-electron chi connectivity index (χ0n) is 11.5. The van der Waals surface area contributed by atoms with Crippen molar-refractivity contribution in [3.63, 3.8) is 0 Å². The van der Waals surface area contributed by atoms with Gasteiger partial charge in [-0.3, -0.25) is 9.59 Å². The number of carbonyl (C=O) groups is 2. The van der Waals surface area contributed by atoms with E-state index in [0.717, 1.165) is 0 Å². The third kappa shape index (κ3) is 1.00. The lowest BCUT2D eigenvalue weighted by Crippen LogP contribution is -2.57. The molecule has 3 fully saturated rings. The molecule has 0 radical (unpaired) electrons. The van der Waals surface area contributed by atoms with E-state index in [0.29, 0.717) is 12.8 Å². The normalized spacial score (nSPS) is 56.2. The fourth-order valence-corrected chi connectivity index (χ4v) is 4.87. The molecule has 2 saturated carbocycles. The Kier molecular flexibility index (Phi) is 2.20. The molecule has 1 aliphatic heterocycles. The van der Waals surface area contributed by atoms with Crippen molar-refractivity contribution in [1.29, 1.82) is 0 Å². The highest BCUT2D eigenvalue weighted by atomic mass is 16.6. The van der Waals surface area contributed by atoms with Crippen LogP contribution in [0.25, 0.3) is 0 Å². The van der Waals surface area contributed by atoms with Crippen LogP contribution in [0.3, 0.4) is 0 Å². The molecule has 0 amide bonds. The molecule has 2 N–H and O–H groups in total. The summed E-state index contributed by atoms with van der Waals surface area (Å²) in [6, 6.07) is 0. The molecule has 5 atom stereocenters. The van der Waals surface area contributed by atoms with Crippen LogP contribution in [0.4, 0.5) is 0 Å². The van der Waals surface area contributed by atoms with Crippen LogP contribution in [0.1, 0.15) is 40.0 Å². The number of aliphatic hydroxyl groups is 2. The first-order chi connectivity index (χ1) is 8.68. The average Bonchev–Trinajstić information content (AvgIpc) is 2.80. The number of Topliss-reactive ketones (excluding diaryl/α,β-unsaturated/α-hetero) is 1. The fraction of sp³-hybridized carbons (Fsp3) is 0.857. The lowest BCUT2D eigenvalue weighted by molar-refractivity contribution is -0.162. The Bertz CT molecular complexity index is 488. The summed E-state index contributed by atoms with van der Waals surface area (Å²) in [5.74, 6) is -1.06. The van der Waals surface area contributed by atoms with Crippen LogP contribution in [0.5, 0.6) is 0 Å². The number of hydrogen-bond donors (Lipinski definition) is 2. The summed E-state index contributed by atoms with van der Waals surface area (Å²) in [5, 5.41) is 21.0. The molecule has 3 aliphatic rings. The van der Waals surface area contributed by atoms with E-state index >= 15 is 0 Å². The summed E-state index contributed by atoms with van der Waals surface area (Å²) in [6.07, 6.45) is 0.770. The van der Waals surface area contributed by atoms with Crippen molar-refractivity contribution in [2.45, 2.75) is 51.2 Å². The van der Waals surface area contributed by atoms with Gasteiger partial charge in [-0.25, -0.2) is 0 Å². The molecule has 0 aromatic heterocycles. The fourth-order valence-electron chi connectivity index (χ4n) is 4.87. The molecule has 2 aliphatic carbocycles. The minimum atomic E-state index is -1.37. The largest absolute Gasteiger partial charge is 0.458 e. The molecule has 0 bridgehead atoms. The summed E-state index contributed by atoms with van der Waals surface area (Å²) in [6.45, 7) is 4.93. The standard InChI is InChI=1S/C14H20O5/c1-8-10(17)13-6-9(16)19-12(13,3)4-5-14(13,18)11(8,2)7-15/h8,15,18H,4-7H2,1-3H3. The second-order valence-corrected chi connectivity index (χ2v) is 6.81. The number of esters is 1. The molecule has 1 spiro atoms. The maximum absolute atomic E-state index is 12.8. The van der Waals surface area contributed by atoms with Crippen LogP contribution >= 0.6 is 0 Å². The average molecular weight is 268 g/mol. The first-order valence-electron chi connectivity index (χ1n) is 6.78. The van der Waals surface area contributed by atoms with Gasteiger partial charge in [0.1, 0.15) is 16.8 Å². The van der Waals surface area contributed by atoms with Crippen molar-refractivity contribution in [3.8, 4) is 0 Å². The number of ether oxygens (including phenoxy) is 1.